The highest BCUT2D eigenvalue weighted by Crippen LogP contribution is 2.17. The van der Waals surface area contributed by atoms with Crippen LogP contribution in [0.1, 0.15) is 36.4 Å². The van der Waals surface area contributed by atoms with Crippen LogP contribution in [0.5, 0.6) is 5.75 Å². The van der Waals surface area contributed by atoms with Gasteiger partial charge in [-0.05, 0) is 51.5 Å². The zero-order chi connectivity index (χ0) is 22.1. The molecule has 0 aliphatic rings. The fraction of sp³-hybridized carbons (Fsp3) is 0.280. The zero-order valence-electron chi connectivity index (χ0n) is 18.7. The molecule has 3 aromatic heterocycles. The van der Waals surface area contributed by atoms with Crippen molar-refractivity contribution in [3.63, 3.8) is 0 Å². The lowest BCUT2D eigenvalue weighted by atomic mass is 10.2. The van der Waals surface area contributed by atoms with Crippen molar-refractivity contribution in [3.8, 4) is 5.75 Å². The SMILES string of the molecule is COc1c(CO)/c(=c2/[nH]c3ccccc3c2=CNC(C)C)[nH]c1=Cc1[nH]c(C)cc1C. The van der Waals surface area contributed by atoms with Crippen LogP contribution in [-0.2, 0) is 6.61 Å². The monoisotopic (exact) mass is 418 g/mol. The van der Waals surface area contributed by atoms with Crippen LogP contribution < -0.4 is 20.6 Å². The van der Waals surface area contributed by atoms with Gasteiger partial charge < -0.3 is 30.1 Å². The van der Waals surface area contributed by atoms with Gasteiger partial charge in [0.2, 0.25) is 0 Å². The highest BCUT2D eigenvalue weighted by Gasteiger charge is 2.13. The van der Waals surface area contributed by atoms with Gasteiger partial charge >= 0.3 is 0 Å². The van der Waals surface area contributed by atoms with Crippen LogP contribution in [0.3, 0.4) is 0 Å². The van der Waals surface area contributed by atoms with Crippen molar-refractivity contribution in [3.05, 3.63) is 74.1 Å². The van der Waals surface area contributed by atoms with Gasteiger partial charge in [-0.3, -0.25) is 0 Å². The Morgan fingerprint density at radius 1 is 1.10 bits per heavy atom. The van der Waals surface area contributed by atoms with Crippen molar-refractivity contribution in [2.45, 2.75) is 40.3 Å². The van der Waals surface area contributed by atoms with Gasteiger partial charge in [0.1, 0.15) is 5.75 Å². The molecule has 6 nitrogen and oxygen atoms in total. The molecule has 0 aliphatic carbocycles. The topological polar surface area (TPSA) is 88.9 Å². The quantitative estimate of drug-likeness (QED) is 0.345. The molecule has 162 valence electrons. The zero-order valence-corrected chi connectivity index (χ0v) is 18.7. The molecule has 1 aromatic carbocycles. The first-order valence-electron chi connectivity index (χ1n) is 10.5. The van der Waals surface area contributed by atoms with E-state index in [1.165, 1.54) is 0 Å². The number of nitrogens with one attached hydrogen (secondary N) is 4. The van der Waals surface area contributed by atoms with E-state index < -0.39 is 0 Å². The van der Waals surface area contributed by atoms with Crippen molar-refractivity contribution in [2.24, 2.45) is 0 Å². The molecule has 4 aromatic rings. The molecule has 0 atom stereocenters. The minimum atomic E-state index is -0.141. The van der Waals surface area contributed by atoms with Gasteiger partial charge in [0, 0.05) is 45.3 Å². The average Bonchev–Trinajstić information content (AvgIpc) is 3.38. The van der Waals surface area contributed by atoms with E-state index in [9.17, 15) is 5.11 Å². The standard InChI is InChI=1S/C25H30N4O2/c1-14(2)26-12-18-17-8-6-7-9-20(17)28-23(18)24-19(13-30)25(31-5)22(29-24)11-21-15(3)10-16(4)27-21/h6-12,14,26-30H,13H2,1-5H3/b18-12?,22-11?,24-23-. The number of aliphatic hydroxyl groups excluding tert-OH is 1. The van der Waals surface area contributed by atoms with E-state index in [0.717, 1.165) is 54.7 Å². The third-order valence-electron chi connectivity index (χ3n) is 5.48. The molecule has 0 amide bonds. The summed E-state index contributed by atoms with van der Waals surface area (Å²) in [4.78, 5) is 10.4. The molecule has 0 fully saturated rings. The molecule has 0 bridgehead atoms. The van der Waals surface area contributed by atoms with Crippen LogP contribution in [0, 0.1) is 24.5 Å². The minimum Gasteiger partial charge on any atom is -0.494 e. The second kappa shape index (κ2) is 8.40. The van der Waals surface area contributed by atoms with Gasteiger partial charge in [-0.1, -0.05) is 18.2 Å². The van der Waals surface area contributed by atoms with Crippen LogP contribution in [0.15, 0.2) is 30.3 Å². The van der Waals surface area contributed by atoms with Gasteiger partial charge in [0.05, 0.1) is 29.8 Å². The summed E-state index contributed by atoms with van der Waals surface area (Å²) in [7, 11) is 1.63. The van der Waals surface area contributed by atoms with Crippen LogP contribution in [0.25, 0.3) is 23.2 Å². The summed E-state index contributed by atoms with van der Waals surface area (Å²) in [5, 5.41) is 18.4. The Morgan fingerprint density at radius 2 is 1.87 bits per heavy atom. The summed E-state index contributed by atoms with van der Waals surface area (Å²) < 4.78 is 5.72. The molecule has 6 heteroatoms. The predicted molar refractivity (Wildman–Crippen MR) is 125 cm³/mol. The normalized spacial score (nSPS) is 14.2. The Kier molecular flexibility index (Phi) is 5.65. The smallest absolute Gasteiger partial charge is 0.150 e. The van der Waals surface area contributed by atoms with Gasteiger partial charge in [0.25, 0.3) is 0 Å². The van der Waals surface area contributed by atoms with Crippen molar-refractivity contribution in [1.82, 2.24) is 20.3 Å². The van der Waals surface area contributed by atoms with E-state index in [1.807, 2.05) is 31.3 Å². The first-order chi connectivity index (χ1) is 14.9. The second-order valence-corrected chi connectivity index (χ2v) is 8.20. The lowest BCUT2D eigenvalue weighted by Crippen LogP contribution is -2.19. The Bertz CT molecular complexity index is 1440. The molecule has 31 heavy (non-hydrogen) atoms. The van der Waals surface area contributed by atoms with Crippen LogP contribution in [0.2, 0.25) is 0 Å². The summed E-state index contributed by atoms with van der Waals surface area (Å²) in [5.74, 6) is 0.644. The number of hydrogen-bond donors (Lipinski definition) is 5. The van der Waals surface area contributed by atoms with Gasteiger partial charge in [-0.2, -0.15) is 0 Å². The van der Waals surface area contributed by atoms with E-state index in [0.29, 0.717) is 11.8 Å². The van der Waals surface area contributed by atoms with Crippen LogP contribution in [0.4, 0.5) is 0 Å². The van der Waals surface area contributed by atoms with Crippen molar-refractivity contribution >= 4 is 23.2 Å². The van der Waals surface area contributed by atoms with E-state index in [1.54, 1.807) is 7.11 Å². The van der Waals surface area contributed by atoms with Gasteiger partial charge in [-0.15, -0.1) is 0 Å². The number of aryl methyl sites for hydroxylation is 2. The van der Waals surface area contributed by atoms with E-state index in [-0.39, 0.29) is 6.61 Å². The number of aromatic amines is 3. The maximum atomic E-state index is 10.3. The molecular formula is C25H30N4O2. The number of fused-ring (bicyclic) bond motifs is 1. The van der Waals surface area contributed by atoms with Crippen molar-refractivity contribution in [1.29, 1.82) is 0 Å². The minimum absolute atomic E-state index is 0.141. The van der Waals surface area contributed by atoms with Crippen LogP contribution in [-0.4, -0.2) is 33.2 Å². The Hall–Kier alpha value is -3.38. The molecule has 3 heterocycles. The number of benzene rings is 1. The molecule has 0 saturated carbocycles. The lowest BCUT2D eigenvalue weighted by molar-refractivity contribution is 0.273. The second-order valence-electron chi connectivity index (χ2n) is 8.20. The van der Waals surface area contributed by atoms with Crippen LogP contribution >= 0.6 is 0 Å². The third kappa shape index (κ3) is 3.86. The lowest BCUT2D eigenvalue weighted by Gasteiger charge is -2.02. The maximum Gasteiger partial charge on any atom is 0.150 e. The Morgan fingerprint density at radius 3 is 2.52 bits per heavy atom. The molecule has 5 N–H and O–H groups in total. The van der Waals surface area contributed by atoms with Crippen molar-refractivity contribution < 1.29 is 9.84 Å². The molecule has 4 rings (SSSR count). The Labute approximate surface area is 181 Å². The summed E-state index contributed by atoms with van der Waals surface area (Å²) in [5.41, 5.74) is 5.03. The summed E-state index contributed by atoms with van der Waals surface area (Å²) in [6.07, 6.45) is 4.07. The van der Waals surface area contributed by atoms with Gasteiger partial charge in [-0.25, -0.2) is 0 Å². The molecule has 0 aliphatic heterocycles. The molecule has 0 saturated heterocycles. The molecule has 0 unspecified atom stereocenters. The number of hydrogen-bond acceptors (Lipinski definition) is 3. The first-order valence-corrected chi connectivity index (χ1v) is 10.5. The van der Waals surface area contributed by atoms with E-state index in [4.69, 9.17) is 4.74 Å². The fourth-order valence-electron chi connectivity index (χ4n) is 4.05. The van der Waals surface area contributed by atoms with E-state index >= 15 is 0 Å². The summed E-state index contributed by atoms with van der Waals surface area (Å²) in [6.45, 7) is 8.18. The predicted octanol–water partition coefficient (Wildman–Crippen LogP) is 2.79. The van der Waals surface area contributed by atoms with E-state index in [2.05, 4.69) is 59.2 Å². The third-order valence-corrected chi connectivity index (χ3v) is 5.48. The number of ether oxygens (including phenoxy) is 1. The number of H-pyrrole nitrogens is 3. The molecular weight excluding hydrogens is 388 g/mol. The number of aliphatic hydroxyl groups is 1. The van der Waals surface area contributed by atoms with Crippen molar-refractivity contribution in [2.75, 3.05) is 7.11 Å². The Balaban J connectivity index is 2.15. The largest absolute Gasteiger partial charge is 0.494 e. The highest BCUT2D eigenvalue weighted by molar-refractivity contribution is 5.80. The van der Waals surface area contributed by atoms with Gasteiger partial charge in [0.15, 0.2) is 0 Å². The summed E-state index contributed by atoms with van der Waals surface area (Å²) in [6, 6.07) is 10.6. The maximum absolute atomic E-state index is 10.3. The number of aromatic nitrogens is 3. The average molecular weight is 419 g/mol. The number of methoxy groups -OCH3 is 1. The first kappa shape index (κ1) is 20.9. The fourth-order valence-corrected chi connectivity index (χ4v) is 4.05. The number of rotatable bonds is 5. The molecule has 0 radical (unpaired) electrons. The summed E-state index contributed by atoms with van der Waals surface area (Å²) >= 11 is 0. The number of para-hydroxylation sites is 1. The molecule has 0 spiro atoms. The highest BCUT2D eigenvalue weighted by atomic mass is 16.5.